The standard InChI is InChI=1S/C22H26N2O5S2/c1-5-10-29-15-8-6-14(7-9-15)16-11-30-20(18(16)21(27)28-4)23-19(26)17-12-31-22(2,3)24(17)13-25/h6-9,11,13,17H,5,10,12H2,1-4H3,(H,23,26). The zero-order valence-electron chi connectivity index (χ0n) is 18.0. The largest absolute Gasteiger partial charge is 0.494 e. The van der Waals surface area contributed by atoms with E-state index in [-0.39, 0.29) is 5.91 Å². The number of carbonyl (C=O) groups is 3. The van der Waals surface area contributed by atoms with E-state index in [1.54, 1.807) is 0 Å². The Balaban J connectivity index is 1.87. The van der Waals surface area contributed by atoms with Crippen LogP contribution in [0.2, 0.25) is 0 Å². The fraction of sp³-hybridized carbons (Fsp3) is 0.409. The number of anilines is 1. The van der Waals surface area contributed by atoms with Crippen molar-refractivity contribution < 1.29 is 23.9 Å². The summed E-state index contributed by atoms with van der Waals surface area (Å²) in [5.41, 5.74) is 1.78. The van der Waals surface area contributed by atoms with Crippen molar-refractivity contribution in [1.82, 2.24) is 4.90 Å². The Bertz CT molecular complexity index is 955. The molecule has 1 atom stereocenters. The van der Waals surface area contributed by atoms with E-state index < -0.39 is 16.9 Å². The fourth-order valence-electron chi connectivity index (χ4n) is 3.33. The number of carbonyl (C=O) groups excluding carboxylic acids is 3. The Morgan fingerprint density at radius 1 is 1.29 bits per heavy atom. The second-order valence-corrected chi connectivity index (χ2v) is 9.99. The summed E-state index contributed by atoms with van der Waals surface area (Å²) in [4.78, 5) is 38.1. The van der Waals surface area contributed by atoms with Gasteiger partial charge >= 0.3 is 5.97 Å². The van der Waals surface area contributed by atoms with Gasteiger partial charge in [0.1, 0.15) is 22.4 Å². The number of ether oxygens (including phenoxy) is 2. The molecular formula is C22H26N2O5S2. The minimum atomic E-state index is -0.608. The second-order valence-electron chi connectivity index (χ2n) is 7.49. The monoisotopic (exact) mass is 462 g/mol. The third kappa shape index (κ3) is 4.88. The molecule has 1 aliphatic heterocycles. The van der Waals surface area contributed by atoms with Crippen LogP contribution in [0, 0.1) is 0 Å². The summed E-state index contributed by atoms with van der Waals surface area (Å²) in [5, 5.41) is 5.06. The van der Waals surface area contributed by atoms with Gasteiger partial charge in [-0.25, -0.2) is 4.79 Å². The normalized spacial score (nSPS) is 17.3. The lowest BCUT2D eigenvalue weighted by Gasteiger charge is -2.30. The summed E-state index contributed by atoms with van der Waals surface area (Å²) in [6, 6.07) is 6.83. The van der Waals surface area contributed by atoms with Gasteiger partial charge < -0.3 is 19.7 Å². The third-order valence-corrected chi connectivity index (χ3v) is 7.32. The topological polar surface area (TPSA) is 84.9 Å². The average molecular weight is 463 g/mol. The van der Waals surface area contributed by atoms with Crippen LogP contribution in [-0.2, 0) is 14.3 Å². The van der Waals surface area contributed by atoms with Crippen LogP contribution in [0.1, 0.15) is 37.6 Å². The van der Waals surface area contributed by atoms with Crippen molar-refractivity contribution in [3.05, 3.63) is 35.2 Å². The number of nitrogens with zero attached hydrogens (tertiary/aromatic N) is 1. The lowest BCUT2D eigenvalue weighted by atomic mass is 10.0. The molecule has 7 nitrogen and oxygen atoms in total. The highest BCUT2D eigenvalue weighted by Crippen LogP contribution is 2.40. The molecule has 0 spiro atoms. The molecule has 1 aliphatic rings. The summed E-state index contributed by atoms with van der Waals surface area (Å²) in [5.74, 6) is 0.380. The number of methoxy groups -OCH3 is 1. The Labute approximate surface area is 190 Å². The van der Waals surface area contributed by atoms with Gasteiger partial charge in [0, 0.05) is 16.7 Å². The minimum absolute atomic E-state index is 0.297. The van der Waals surface area contributed by atoms with E-state index in [4.69, 9.17) is 9.47 Å². The van der Waals surface area contributed by atoms with Gasteiger partial charge in [-0.05, 0) is 38.0 Å². The molecule has 0 radical (unpaired) electrons. The zero-order chi connectivity index (χ0) is 22.6. The van der Waals surface area contributed by atoms with Crippen molar-refractivity contribution in [2.24, 2.45) is 0 Å². The van der Waals surface area contributed by atoms with Crippen molar-refractivity contribution in [2.75, 3.05) is 24.8 Å². The molecule has 3 rings (SSSR count). The van der Waals surface area contributed by atoms with Crippen LogP contribution in [0.5, 0.6) is 5.75 Å². The van der Waals surface area contributed by atoms with Crippen molar-refractivity contribution in [1.29, 1.82) is 0 Å². The lowest BCUT2D eigenvalue weighted by Crippen LogP contribution is -2.47. The molecule has 1 saturated heterocycles. The highest BCUT2D eigenvalue weighted by molar-refractivity contribution is 8.00. The quantitative estimate of drug-likeness (QED) is 0.467. The molecule has 0 bridgehead atoms. The van der Waals surface area contributed by atoms with Gasteiger partial charge in [0.15, 0.2) is 0 Å². The first-order valence-electron chi connectivity index (χ1n) is 9.94. The van der Waals surface area contributed by atoms with Gasteiger partial charge in [-0.2, -0.15) is 0 Å². The molecule has 1 unspecified atom stereocenters. The molecule has 31 heavy (non-hydrogen) atoms. The Kier molecular flexibility index (Phi) is 7.27. The third-order valence-electron chi connectivity index (χ3n) is 5.02. The number of amides is 2. The van der Waals surface area contributed by atoms with Crippen LogP contribution in [0.3, 0.4) is 0 Å². The molecule has 0 aliphatic carbocycles. The number of thioether (sulfide) groups is 1. The lowest BCUT2D eigenvalue weighted by molar-refractivity contribution is -0.130. The molecule has 9 heteroatoms. The SMILES string of the molecule is CCCOc1ccc(-c2csc(NC(=O)C3CSC(C)(C)N3C=O)c2C(=O)OC)cc1. The molecule has 1 aromatic heterocycles. The Morgan fingerprint density at radius 3 is 2.61 bits per heavy atom. The van der Waals surface area contributed by atoms with E-state index in [9.17, 15) is 14.4 Å². The van der Waals surface area contributed by atoms with E-state index in [1.165, 1.54) is 35.1 Å². The van der Waals surface area contributed by atoms with Gasteiger partial charge in [0.05, 0.1) is 18.6 Å². The number of rotatable bonds is 8. The van der Waals surface area contributed by atoms with E-state index in [0.717, 1.165) is 17.7 Å². The molecular weight excluding hydrogens is 436 g/mol. The summed E-state index contributed by atoms with van der Waals surface area (Å²) < 4.78 is 10.6. The van der Waals surface area contributed by atoms with E-state index in [1.807, 2.05) is 50.4 Å². The van der Waals surface area contributed by atoms with Crippen molar-refractivity contribution >= 4 is 46.4 Å². The fourth-order valence-corrected chi connectivity index (χ4v) is 5.49. The smallest absolute Gasteiger partial charge is 0.341 e. The van der Waals surface area contributed by atoms with E-state index in [2.05, 4.69) is 5.32 Å². The van der Waals surface area contributed by atoms with Gasteiger partial charge in [-0.15, -0.1) is 23.1 Å². The molecule has 1 N–H and O–H groups in total. The number of esters is 1. The van der Waals surface area contributed by atoms with E-state index in [0.29, 0.717) is 34.9 Å². The van der Waals surface area contributed by atoms with Crippen LogP contribution < -0.4 is 10.1 Å². The molecule has 1 fully saturated rings. The van der Waals surface area contributed by atoms with Gasteiger partial charge in [-0.3, -0.25) is 9.59 Å². The summed E-state index contributed by atoms with van der Waals surface area (Å²) in [6.45, 7) is 6.47. The molecule has 2 amide bonds. The molecule has 166 valence electrons. The molecule has 2 heterocycles. The number of thiophene rings is 1. The predicted octanol–water partition coefficient (Wildman–Crippen LogP) is 4.24. The van der Waals surface area contributed by atoms with Crippen LogP contribution in [0.4, 0.5) is 5.00 Å². The van der Waals surface area contributed by atoms with Crippen molar-refractivity contribution in [2.45, 2.75) is 38.1 Å². The predicted molar refractivity (Wildman–Crippen MR) is 124 cm³/mol. The van der Waals surface area contributed by atoms with E-state index >= 15 is 0 Å². The minimum Gasteiger partial charge on any atom is -0.494 e. The number of benzene rings is 1. The summed E-state index contributed by atoms with van der Waals surface area (Å²) in [6.07, 6.45) is 1.62. The maximum Gasteiger partial charge on any atom is 0.341 e. The van der Waals surface area contributed by atoms with Gasteiger partial charge in [0.2, 0.25) is 12.3 Å². The number of hydrogen-bond donors (Lipinski definition) is 1. The van der Waals surface area contributed by atoms with Crippen LogP contribution >= 0.6 is 23.1 Å². The Morgan fingerprint density at radius 2 is 2.00 bits per heavy atom. The van der Waals surface area contributed by atoms with Crippen LogP contribution in [0.15, 0.2) is 29.6 Å². The highest BCUT2D eigenvalue weighted by Gasteiger charge is 2.43. The van der Waals surface area contributed by atoms with Crippen molar-refractivity contribution in [3.63, 3.8) is 0 Å². The molecule has 0 saturated carbocycles. The van der Waals surface area contributed by atoms with Gasteiger partial charge in [0.25, 0.3) is 0 Å². The first-order chi connectivity index (χ1) is 14.8. The van der Waals surface area contributed by atoms with Crippen molar-refractivity contribution in [3.8, 4) is 16.9 Å². The summed E-state index contributed by atoms with van der Waals surface area (Å²) in [7, 11) is 1.31. The average Bonchev–Trinajstić information content (AvgIpc) is 3.31. The maximum absolute atomic E-state index is 12.9. The number of hydrogen-bond acceptors (Lipinski definition) is 7. The van der Waals surface area contributed by atoms with Gasteiger partial charge in [-0.1, -0.05) is 19.1 Å². The molecule has 1 aromatic carbocycles. The highest BCUT2D eigenvalue weighted by atomic mass is 32.2. The van der Waals surface area contributed by atoms with Crippen LogP contribution in [0.25, 0.3) is 11.1 Å². The second kappa shape index (κ2) is 9.74. The zero-order valence-corrected chi connectivity index (χ0v) is 19.6. The molecule has 2 aromatic rings. The first-order valence-corrected chi connectivity index (χ1v) is 11.8. The Hall–Kier alpha value is -2.52. The first kappa shape index (κ1) is 23.1. The van der Waals surface area contributed by atoms with Crippen LogP contribution in [-0.4, -0.2) is 53.6 Å². The maximum atomic E-state index is 12.9. The summed E-state index contributed by atoms with van der Waals surface area (Å²) >= 11 is 2.79. The number of nitrogens with one attached hydrogen (secondary N) is 1.